The average Bonchev–Trinajstić information content (AvgIpc) is 3.25. The van der Waals surface area contributed by atoms with Gasteiger partial charge in [0.2, 0.25) is 0 Å². The van der Waals surface area contributed by atoms with Gasteiger partial charge in [0.15, 0.2) is 18.2 Å². The van der Waals surface area contributed by atoms with Crippen LogP contribution in [-0.4, -0.2) is 73.5 Å². The van der Waals surface area contributed by atoms with Gasteiger partial charge in [0.05, 0.1) is 30.7 Å². The van der Waals surface area contributed by atoms with E-state index in [1.807, 2.05) is 6.07 Å². The van der Waals surface area contributed by atoms with Crippen LogP contribution in [0.1, 0.15) is 31.4 Å². The SMILES string of the molecule is COc1cnc2c(c1)N(CCCN[C@H]1CC[C@H]3[C@H](C1)OC(=O)N3c1ccc3c(n1)NC(=O)CO3)CC=C2. The van der Waals surface area contributed by atoms with Gasteiger partial charge in [0, 0.05) is 31.6 Å². The second-order valence-corrected chi connectivity index (χ2v) is 9.66. The van der Waals surface area contributed by atoms with Gasteiger partial charge in [-0.2, -0.15) is 0 Å². The topological polar surface area (TPSA) is 118 Å². The fourth-order valence-corrected chi connectivity index (χ4v) is 5.51. The van der Waals surface area contributed by atoms with Crippen molar-refractivity contribution in [1.29, 1.82) is 0 Å². The van der Waals surface area contributed by atoms with E-state index in [1.54, 1.807) is 30.3 Å². The average molecular weight is 507 g/mol. The van der Waals surface area contributed by atoms with Gasteiger partial charge in [-0.25, -0.2) is 9.78 Å². The van der Waals surface area contributed by atoms with Crippen LogP contribution in [0, 0.1) is 0 Å². The summed E-state index contributed by atoms with van der Waals surface area (Å²) in [4.78, 5) is 37.3. The molecule has 1 aliphatic carbocycles. The molecule has 3 atom stereocenters. The molecule has 11 heteroatoms. The molecule has 194 valence electrons. The minimum atomic E-state index is -0.396. The number of nitrogens with zero attached hydrogens (tertiary/aromatic N) is 4. The number of ether oxygens (including phenoxy) is 3. The molecule has 2 N–H and O–H groups in total. The number of fused-ring (bicyclic) bond motifs is 3. The molecule has 37 heavy (non-hydrogen) atoms. The van der Waals surface area contributed by atoms with Crippen LogP contribution in [0.25, 0.3) is 6.08 Å². The lowest BCUT2D eigenvalue weighted by Crippen LogP contribution is -2.46. The summed E-state index contributed by atoms with van der Waals surface area (Å²) in [6.45, 7) is 2.60. The number of nitrogens with one attached hydrogen (secondary N) is 2. The molecule has 2 amide bonds. The van der Waals surface area contributed by atoms with E-state index in [1.165, 1.54) is 0 Å². The maximum atomic E-state index is 12.8. The molecule has 0 bridgehead atoms. The molecule has 3 aliphatic heterocycles. The Morgan fingerprint density at radius 3 is 3.08 bits per heavy atom. The first-order valence-electron chi connectivity index (χ1n) is 12.7. The van der Waals surface area contributed by atoms with Crippen molar-refractivity contribution in [2.24, 2.45) is 0 Å². The molecule has 0 radical (unpaired) electrons. The molecule has 2 aromatic heterocycles. The Morgan fingerprint density at radius 2 is 2.19 bits per heavy atom. The Kier molecular flexibility index (Phi) is 6.29. The summed E-state index contributed by atoms with van der Waals surface area (Å²) in [5.74, 6) is 1.80. The second-order valence-electron chi connectivity index (χ2n) is 9.66. The lowest BCUT2D eigenvalue weighted by molar-refractivity contribution is -0.118. The molecular weight excluding hydrogens is 476 g/mol. The van der Waals surface area contributed by atoms with E-state index >= 15 is 0 Å². The molecule has 0 aromatic carbocycles. The van der Waals surface area contributed by atoms with Gasteiger partial charge in [0.1, 0.15) is 17.7 Å². The second kappa shape index (κ2) is 9.89. The smallest absolute Gasteiger partial charge is 0.416 e. The summed E-state index contributed by atoms with van der Waals surface area (Å²) >= 11 is 0. The van der Waals surface area contributed by atoms with E-state index in [0.717, 1.165) is 62.4 Å². The van der Waals surface area contributed by atoms with Crippen LogP contribution in [0.2, 0.25) is 0 Å². The summed E-state index contributed by atoms with van der Waals surface area (Å²) in [7, 11) is 1.66. The van der Waals surface area contributed by atoms with Gasteiger partial charge in [-0.3, -0.25) is 14.7 Å². The van der Waals surface area contributed by atoms with Crippen molar-refractivity contribution in [2.45, 2.75) is 43.9 Å². The molecule has 11 nitrogen and oxygen atoms in total. The van der Waals surface area contributed by atoms with E-state index in [0.29, 0.717) is 17.4 Å². The van der Waals surface area contributed by atoms with Crippen molar-refractivity contribution >= 4 is 35.4 Å². The van der Waals surface area contributed by atoms with E-state index in [9.17, 15) is 9.59 Å². The van der Waals surface area contributed by atoms with Crippen molar-refractivity contribution < 1.29 is 23.8 Å². The Bertz CT molecular complexity index is 1240. The molecule has 2 aromatic rings. The highest BCUT2D eigenvalue weighted by Crippen LogP contribution is 2.37. The molecule has 0 unspecified atom stereocenters. The number of carbonyl (C=O) groups is 2. The van der Waals surface area contributed by atoms with Crippen LogP contribution in [0.15, 0.2) is 30.5 Å². The first-order valence-corrected chi connectivity index (χ1v) is 12.7. The van der Waals surface area contributed by atoms with Crippen molar-refractivity contribution in [3.63, 3.8) is 0 Å². The molecule has 6 rings (SSSR count). The fraction of sp³-hybridized carbons (Fsp3) is 0.462. The maximum Gasteiger partial charge on any atom is 0.416 e. The van der Waals surface area contributed by atoms with Crippen LogP contribution in [0.3, 0.4) is 0 Å². The number of rotatable bonds is 7. The van der Waals surface area contributed by atoms with Crippen LogP contribution in [0.4, 0.5) is 22.1 Å². The van der Waals surface area contributed by atoms with Gasteiger partial charge >= 0.3 is 6.09 Å². The zero-order valence-corrected chi connectivity index (χ0v) is 20.7. The third-order valence-electron chi connectivity index (χ3n) is 7.33. The molecule has 2 fully saturated rings. The van der Waals surface area contributed by atoms with Crippen molar-refractivity contribution in [3.8, 4) is 11.5 Å². The lowest BCUT2D eigenvalue weighted by atomic mass is 9.88. The predicted molar refractivity (Wildman–Crippen MR) is 137 cm³/mol. The number of hydrogen-bond donors (Lipinski definition) is 2. The quantitative estimate of drug-likeness (QED) is 0.546. The third-order valence-corrected chi connectivity index (χ3v) is 7.33. The normalized spacial score (nSPS) is 24.0. The predicted octanol–water partition coefficient (Wildman–Crippen LogP) is 2.58. The number of carbonyl (C=O) groups excluding carboxylic acids is 2. The summed E-state index contributed by atoms with van der Waals surface area (Å²) in [5.41, 5.74) is 2.07. The number of methoxy groups -OCH3 is 1. The molecule has 5 heterocycles. The fourth-order valence-electron chi connectivity index (χ4n) is 5.51. The third kappa shape index (κ3) is 4.66. The van der Waals surface area contributed by atoms with E-state index in [-0.39, 0.29) is 30.7 Å². The number of hydrogen-bond acceptors (Lipinski definition) is 9. The Balaban J connectivity index is 1.02. The summed E-state index contributed by atoms with van der Waals surface area (Å²) < 4.78 is 16.5. The number of pyridine rings is 2. The standard InChI is InChI=1S/C26H30N6O5/c1-35-17-13-20-18(28-14-17)4-2-10-31(20)11-3-9-27-16-5-6-19-22(12-16)37-26(34)32(19)23-8-7-21-25(29-23)30-24(33)15-36-21/h2,4,7-8,13-14,16,19,22,27H,3,5-6,9-12,15H2,1H3,(H,29,30,33)/t16-,19-,22-/m0/s1. The van der Waals surface area contributed by atoms with Gasteiger partial charge < -0.3 is 29.7 Å². The Hall–Kier alpha value is -3.86. The molecule has 1 saturated carbocycles. The summed E-state index contributed by atoms with van der Waals surface area (Å²) in [6, 6.07) is 5.72. The van der Waals surface area contributed by atoms with Crippen molar-refractivity contribution in [1.82, 2.24) is 15.3 Å². The van der Waals surface area contributed by atoms with Crippen LogP contribution in [0.5, 0.6) is 11.5 Å². The molecular formula is C26H30N6O5. The van der Waals surface area contributed by atoms with Gasteiger partial charge in [-0.1, -0.05) is 6.08 Å². The lowest BCUT2D eigenvalue weighted by Gasteiger charge is -2.33. The number of anilines is 3. The highest BCUT2D eigenvalue weighted by molar-refractivity contribution is 5.95. The largest absolute Gasteiger partial charge is 0.495 e. The minimum absolute atomic E-state index is 0.0345. The van der Waals surface area contributed by atoms with E-state index in [4.69, 9.17) is 14.2 Å². The van der Waals surface area contributed by atoms with Crippen LogP contribution < -0.4 is 29.9 Å². The van der Waals surface area contributed by atoms with Gasteiger partial charge in [-0.15, -0.1) is 0 Å². The monoisotopic (exact) mass is 506 g/mol. The summed E-state index contributed by atoms with van der Waals surface area (Å²) in [6.07, 6.45) is 8.83. The Morgan fingerprint density at radius 1 is 1.27 bits per heavy atom. The summed E-state index contributed by atoms with van der Waals surface area (Å²) in [5, 5.41) is 6.36. The van der Waals surface area contributed by atoms with Crippen molar-refractivity contribution in [2.75, 3.05) is 48.5 Å². The molecule has 1 saturated heterocycles. The highest BCUT2D eigenvalue weighted by Gasteiger charge is 2.46. The van der Waals surface area contributed by atoms with Crippen LogP contribution in [-0.2, 0) is 9.53 Å². The molecule has 4 aliphatic rings. The maximum absolute atomic E-state index is 12.8. The first-order chi connectivity index (χ1) is 18.1. The zero-order valence-electron chi connectivity index (χ0n) is 20.7. The first kappa shape index (κ1) is 23.5. The van der Waals surface area contributed by atoms with Gasteiger partial charge in [-0.05, 0) is 44.0 Å². The van der Waals surface area contributed by atoms with Crippen LogP contribution >= 0.6 is 0 Å². The minimum Gasteiger partial charge on any atom is -0.495 e. The zero-order chi connectivity index (χ0) is 25.4. The molecule has 0 spiro atoms. The Labute approximate surface area is 214 Å². The van der Waals surface area contributed by atoms with E-state index < -0.39 is 6.09 Å². The van der Waals surface area contributed by atoms with E-state index in [2.05, 4.69) is 37.7 Å². The number of amides is 2. The highest BCUT2D eigenvalue weighted by atomic mass is 16.6. The van der Waals surface area contributed by atoms with Gasteiger partial charge in [0.25, 0.3) is 5.91 Å². The number of aromatic nitrogens is 2. The van der Waals surface area contributed by atoms with Crippen molar-refractivity contribution in [3.05, 3.63) is 36.2 Å².